The number of hydrogen-bond donors (Lipinski definition) is 0. The first-order chi connectivity index (χ1) is 8.43. The molecule has 2 aliphatic rings. The van der Waals surface area contributed by atoms with Gasteiger partial charge in [0.05, 0.1) is 17.7 Å². The number of amides is 1. The molecule has 1 heterocycles. The number of β-lactam (4-membered cyclic amide) rings is 1. The van der Waals surface area contributed by atoms with Crippen LogP contribution in [0.2, 0.25) is 0 Å². The number of carbonyl (C=O) groups is 1. The van der Waals surface area contributed by atoms with Gasteiger partial charge in [-0.2, -0.15) is 0 Å². The second-order valence-corrected chi connectivity index (χ2v) is 7.00. The smallest absolute Gasteiger partial charge is 0.242 e. The van der Waals surface area contributed by atoms with E-state index < -0.39 is 10.0 Å². The van der Waals surface area contributed by atoms with Gasteiger partial charge >= 0.3 is 0 Å². The van der Waals surface area contributed by atoms with E-state index in [1.165, 1.54) is 0 Å². The molecule has 1 fully saturated rings. The Morgan fingerprint density at radius 2 is 2.22 bits per heavy atom. The monoisotopic (exact) mass is 269 g/mol. The number of sulfonamides is 1. The molecular formula is C13H19NO3S. The Morgan fingerprint density at radius 3 is 2.89 bits per heavy atom. The van der Waals surface area contributed by atoms with Gasteiger partial charge in [-0.3, -0.25) is 4.79 Å². The van der Waals surface area contributed by atoms with Crippen molar-refractivity contribution in [3.63, 3.8) is 0 Å². The SMILES string of the molecule is C=C(C)CS(=O)(=O)N1C(=O)C2CCCC/C=C\C21. The van der Waals surface area contributed by atoms with Crippen LogP contribution in [-0.4, -0.2) is 30.4 Å². The van der Waals surface area contributed by atoms with E-state index in [0.717, 1.165) is 30.0 Å². The van der Waals surface area contributed by atoms with E-state index >= 15 is 0 Å². The maximum Gasteiger partial charge on any atom is 0.242 e. The van der Waals surface area contributed by atoms with Crippen LogP contribution in [0.5, 0.6) is 0 Å². The predicted molar refractivity (Wildman–Crippen MR) is 70.3 cm³/mol. The van der Waals surface area contributed by atoms with Crippen LogP contribution in [0, 0.1) is 5.92 Å². The fourth-order valence-corrected chi connectivity index (χ4v) is 4.37. The van der Waals surface area contributed by atoms with Crippen molar-refractivity contribution in [1.82, 2.24) is 4.31 Å². The summed E-state index contributed by atoms with van der Waals surface area (Å²) in [5, 5.41) is 0. The molecule has 1 saturated heterocycles. The van der Waals surface area contributed by atoms with Gasteiger partial charge in [0.1, 0.15) is 0 Å². The molecule has 0 aromatic rings. The highest BCUT2D eigenvalue weighted by Gasteiger charge is 2.51. The molecular weight excluding hydrogens is 250 g/mol. The van der Waals surface area contributed by atoms with Gasteiger partial charge in [-0.05, 0) is 26.2 Å². The second-order valence-electron chi connectivity index (χ2n) is 5.16. The Kier molecular flexibility index (Phi) is 3.61. The van der Waals surface area contributed by atoms with Crippen LogP contribution in [0.15, 0.2) is 24.3 Å². The van der Waals surface area contributed by atoms with E-state index in [4.69, 9.17) is 0 Å². The van der Waals surface area contributed by atoms with E-state index in [2.05, 4.69) is 6.58 Å². The molecule has 2 rings (SSSR count). The van der Waals surface area contributed by atoms with Crippen molar-refractivity contribution >= 4 is 15.9 Å². The van der Waals surface area contributed by atoms with Gasteiger partial charge in [-0.25, -0.2) is 12.7 Å². The summed E-state index contributed by atoms with van der Waals surface area (Å²) >= 11 is 0. The maximum absolute atomic E-state index is 12.1. The van der Waals surface area contributed by atoms with E-state index in [-0.39, 0.29) is 23.6 Å². The average Bonchev–Trinajstić information content (AvgIpc) is 2.19. The van der Waals surface area contributed by atoms with Crippen LogP contribution in [0.4, 0.5) is 0 Å². The number of allylic oxidation sites excluding steroid dienone is 1. The number of hydrogen-bond acceptors (Lipinski definition) is 3. The molecule has 0 aromatic heterocycles. The molecule has 5 heteroatoms. The molecule has 4 nitrogen and oxygen atoms in total. The molecule has 2 unspecified atom stereocenters. The number of rotatable bonds is 3. The van der Waals surface area contributed by atoms with Crippen molar-refractivity contribution in [2.24, 2.45) is 5.92 Å². The van der Waals surface area contributed by atoms with Crippen molar-refractivity contribution in [1.29, 1.82) is 0 Å². The van der Waals surface area contributed by atoms with Gasteiger partial charge in [-0.1, -0.05) is 30.7 Å². The standard InChI is InChI=1S/C13H19NO3S/c1-10(2)9-18(16,17)14-12-8-6-4-3-5-7-11(12)13(14)15/h6,8,11-12H,1,3-5,7,9H2,2H3/b8-6-. The fourth-order valence-electron chi connectivity index (χ4n) is 2.61. The van der Waals surface area contributed by atoms with Gasteiger partial charge in [-0.15, -0.1) is 0 Å². The molecule has 100 valence electrons. The lowest BCUT2D eigenvalue weighted by atomic mass is 9.84. The van der Waals surface area contributed by atoms with Crippen molar-refractivity contribution < 1.29 is 13.2 Å². The van der Waals surface area contributed by atoms with Crippen LogP contribution in [-0.2, 0) is 14.8 Å². The molecule has 0 bridgehead atoms. The molecule has 1 amide bonds. The molecule has 0 spiro atoms. The lowest BCUT2D eigenvalue weighted by Crippen LogP contribution is -2.62. The molecule has 0 aromatic carbocycles. The minimum absolute atomic E-state index is 0.138. The minimum Gasteiger partial charge on any atom is -0.273 e. The van der Waals surface area contributed by atoms with Crippen LogP contribution in [0.25, 0.3) is 0 Å². The molecule has 1 aliphatic heterocycles. The highest BCUT2D eigenvalue weighted by Crippen LogP contribution is 2.36. The summed E-state index contributed by atoms with van der Waals surface area (Å²) in [7, 11) is -3.54. The van der Waals surface area contributed by atoms with Gasteiger partial charge in [0, 0.05) is 0 Å². The third kappa shape index (κ3) is 2.36. The number of fused-ring (bicyclic) bond motifs is 1. The summed E-state index contributed by atoms with van der Waals surface area (Å²) in [6, 6.07) is -0.262. The third-order valence-corrected chi connectivity index (χ3v) is 5.30. The van der Waals surface area contributed by atoms with E-state index in [9.17, 15) is 13.2 Å². The summed E-state index contributed by atoms with van der Waals surface area (Å²) < 4.78 is 25.2. The summed E-state index contributed by atoms with van der Waals surface area (Å²) in [5.74, 6) is -0.523. The van der Waals surface area contributed by atoms with E-state index in [1.807, 2.05) is 12.2 Å². The zero-order valence-electron chi connectivity index (χ0n) is 10.6. The van der Waals surface area contributed by atoms with Gasteiger partial charge in [0.15, 0.2) is 0 Å². The normalized spacial score (nSPS) is 29.8. The fraction of sp³-hybridized carbons (Fsp3) is 0.615. The van der Waals surface area contributed by atoms with E-state index in [1.54, 1.807) is 6.92 Å². The first-order valence-electron chi connectivity index (χ1n) is 6.30. The lowest BCUT2D eigenvalue weighted by Gasteiger charge is -2.45. The largest absolute Gasteiger partial charge is 0.273 e. The summed E-state index contributed by atoms with van der Waals surface area (Å²) in [6.07, 6.45) is 7.70. The Morgan fingerprint density at radius 1 is 1.50 bits per heavy atom. The van der Waals surface area contributed by atoms with Crippen LogP contribution >= 0.6 is 0 Å². The van der Waals surface area contributed by atoms with Crippen molar-refractivity contribution in [3.05, 3.63) is 24.3 Å². The Balaban J connectivity index is 2.22. The van der Waals surface area contributed by atoms with Gasteiger partial charge in [0.25, 0.3) is 0 Å². The maximum atomic E-state index is 12.1. The zero-order valence-corrected chi connectivity index (χ0v) is 11.4. The minimum atomic E-state index is -3.54. The van der Waals surface area contributed by atoms with Crippen LogP contribution in [0.1, 0.15) is 32.6 Å². The Hall–Kier alpha value is -1.10. The second kappa shape index (κ2) is 4.88. The summed E-state index contributed by atoms with van der Waals surface area (Å²) in [6.45, 7) is 5.27. The molecule has 0 N–H and O–H groups in total. The van der Waals surface area contributed by atoms with Crippen LogP contribution in [0.3, 0.4) is 0 Å². The Labute approximate surface area is 108 Å². The van der Waals surface area contributed by atoms with E-state index in [0.29, 0.717) is 5.57 Å². The topological polar surface area (TPSA) is 54.5 Å². The number of nitrogens with zero attached hydrogens (tertiary/aromatic N) is 1. The van der Waals surface area contributed by atoms with Gasteiger partial charge in [0.2, 0.25) is 15.9 Å². The van der Waals surface area contributed by atoms with Crippen molar-refractivity contribution in [3.8, 4) is 0 Å². The Bertz CT molecular complexity index is 492. The number of carbonyl (C=O) groups excluding carboxylic acids is 1. The van der Waals surface area contributed by atoms with Gasteiger partial charge < -0.3 is 0 Å². The molecule has 0 radical (unpaired) electrons. The highest BCUT2D eigenvalue weighted by molar-refractivity contribution is 7.89. The molecule has 2 atom stereocenters. The third-order valence-electron chi connectivity index (χ3n) is 3.42. The highest BCUT2D eigenvalue weighted by atomic mass is 32.2. The lowest BCUT2D eigenvalue weighted by molar-refractivity contribution is -0.144. The average molecular weight is 269 g/mol. The molecule has 18 heavy (non-hydrogen) atoms. The molecule has 0 saturated carbocycles. The van der Waals surface area contributed by atoms with Crippen molar-refractivity contribution in [2.45, 2.75) is 38.6 Å². The predicted octanol–water partition coefficient (Wildman–Crippen LogP) is 1.85. The molecule has 1 aliphatic carbocycles. The zero-order chi connectivity index (χ0) is 13.3. The quantitative estimate of drug-likeness (QED) is 0.580. The van der Waals surface area contributed by atoms with Crippen LogP contribution < -0.4 is 0 Å². The van der Waals surface area contributed by atoms with Crippen molar-refractivity contribution in [2.75, 3.05) is 5.75 Å². The first kappa shape index (κ1) is 13.3. The summed E-state index contributed by atoms with van der Waals surface area (Å²) in [5.41, 5.74) is 0.557. The summed E-state index contributed by atoms with van der Waals surface area (Å²) in [4.78, 5) is 12.0. The first-order valence-corrected chi connectivity index (χ1v) is 7.91.